The second-order valence-electron chi connectivity index (χ2n) is 5.09. The molecule has 5 nitrogen and oxygen atoms in total. The molecule has 2 rings (SSSR count). The van der Waals surface area contributed by atoms with E-state index in [1.165, 1.54) is 6.07 Å². The van der Waals surface area contributed by atoms with Gasteiger partial charge in [0.15, 0.2) is 0 Å². The van der Waals surface area contributed by atoms with Crippen LogP contribution in [-0.2, 0) is 11.3 Å². The molecule has 0 aromatic heterocycles. The van der Waals surface area contributed by atoms with Crippen LogP contribution < -0.4 is 5.73 Å². The van der Waals surface area contributed by atoms with Gasteiger partial charge in [-0.2, -0.15) is 0 Å². The summed E-state index contributed by atoms with van der Waals surface area (Å²) in [5, 5.41) is 10.9. The molecule has 19 heavy (non-hydrogen) atoms. The molecule has 1 fully saturated rings. The average Bonchev–Trinajstić information content (AvgIpc) is 2.84. The predicted octanol–water partition coefficient (Wildman–Crippen LogP) is 2.55. The standard InChI is InChI=1S/C14H20N2O3/c1-10-12(5-2-6-13(10)16(17)18)9-19-14-7-3-4-11(14)8-15/h2,5-6,11,14H,3-4,7-9,15H2,1H3. The number of nitro groups is 1. The molecular formula is C14H20N2O3. The van der Waals surface area contributed by atoms with Gasteiger partial charge < -0.3 is 10.5 Å². The first-order valence-electron chi connectivity index (χ1n) is 6.68. The second kappa shape index (κ2) is 6.12. The summed E-state index contributed by atoms with van der Waals surface area (Å²) in [6, 6.07) is 5.12. The largest absolute Gasteiger partial charge is 0.373 e. The molecule has 0 saturated heterocycles. The molecule has 0 amide bonds. The van der Waals surface area contributed by atoms with Crippen molar-refractivity contribution in [2.24, 2.45) is 11.7 Å². The van der Waals surface area contributed by atoms with Gasteiger partial charge in [0.05, 0.1) is 17.6 Å². The normalized spacial score (nSPS) is 22.6. The fourth-order valence-electron chi connectivity index (χ4n) is 2.71. The molecule has 1 aromatic carbocycles. The van der Waals surface area contributed by atoms with E-state index in [-0.39, 0.29) is 16.7 Å². The van der Waals surface area contributed by atoms with E-state index in [1.54, 1.807) is 13.0 Å². The molecular weight excluding hydrogens is 244 g/mol. The highest BCUT2D eigenvalue weighted by atomic mass is 16.6. The van der Waals surface area contributed by atoms with Crippen molar-refractivity contribution in [3.8, 4) is 0 Å². The fraction of sp³-hybridized carbons (Fsp3) is 0.571. The topological polar surface area (TPSA) is 78.4 Å². The van der Waals surface area contributed by atoms with Crippen molar-refractivity contribution in [3.05, 3.63) is 39.4 Å². The third kappa shape index (κ3) is 3.11. The second-order valence-corrected chi connectivity index (χ2v) is 5.09. The number of nitrogens with zero attached hydrogens (tertiary/aromatic N) is 1. The van der Waals surface area contributed by atoms with Gasteiger partial charge in [-0.25, -0.2) is 0 Å². The monoisotopic (exact) mass is 264 g/mol. The molecule has 104 valence electrons. The molecule has 1 aliphatic rings. The Bertz CT molecular complexity index is 462. The lowest BCUT2D eigenvalue weighted by atomic mass is 10.1. The summed E-state index contributed by atoms with van der Waals surface area (Å²) in [5.74, 6) is 0.430. The van der Waals surface area contributed by atoms with Crippen LogP contribution in [0.5, 0.6) is 0 Å². The van der Waals surface area contributed by atoms with Gasteiger partial charge >= 0.3 is 0 Å². The number of hydrogen-bond acceptors (Lipinski definition) is 4. The Hall–Kier alpha value is -1.46. The summed E-state index contributed by atoms with van der Waals surface area (Å²) >= 11 is 0. The summed E-state index contributed by atoms with van der Waals surface area (Å²) in [6.45, 7) is 2.85. The van der Waals surface area contributed by atoms with Crippen LogP contribution in [0.25, 0.3) is 0 Å². The van der Waals surface area contributed by atoms with E-state index in [2.05, 4.69) is 0 Å². The molecule has 0 radical (unpaired) electrons. The Kier molecular flexibility index (Phi) is 4.50. The van der Waals surface area contributed by atoms with E-state index < -0.39 is 0 Å². The highest BCUT2D eigenvalue weighted by Crippen LogP contribution is 2.29. The molecule has 0 spiro atoms. The van der Waals surface area contributed by atoms with Gasteiger partial charge in [-0.3, -0.25) is 10.1 Å². The van der Waals surface area contributed by atoms with Crippen LogP contribution in [-0.4, -0.2) is 17.6 Å². The Balaban J connectivity index is 2.03. The number of hydrogen-bond donors (Lipinski definition) is 1. The van der Waals surface area contributed by atoms with Gasteiger partial charge in [0.2, 0.25) is 0 Å². The van der Waals surface area contributed by atoms with Crippen LogP contribution in [0, 0.1) is 23.0 Å². The maximum atomic E-state index is 10.9. The van der Waals surface area contributed by atoms with Crippen molar-refractivity contribution in [2.45, 2.75) is 38.9 Å². The highest BCUT2D eigenvalue weighted by molar-refractivity contribution is 5.44. The minimum absolute atomic E-state index is 0.155. The lowest BCUT2D eigenvalue weighted by molar-refractivity contribution is -0.385. The minimum atomic E-state index is -0.350. The number of nitro benzene ring substituents is 1. The van der Waals surface area contributed by atoms with E-state index in [9.17, 15) is 10.1 Å². The molecule has 1 aromatic rings. The quantitative estimate of drug-likeness (QED) is 0.654. The maximum Gasteiger partial charge on any atom is 0.272 e. The van der Waals surface area contributed by atoms with Gasteiger partial charge in [-0.1, -0.05) is 18.6 Å². The van der Waals surface area contributed by atoms with E-state index in [1.807, 2.05) is 6.07 Å². The first kappa shape index (κ1) is 14.0. The predicted molar refractivity (Wildman–Crippen MR) is 72.8 cm³/mol. The fourth-order valence-corrected chi connectivity index (χ4v) is 2.71. The van der Waals surface area contributed by atoms with Crippen LogP contribution in [0.3, 0.4) is 0 Å². The van der Waals surface area contributed by atoms with Crippen LogP contribution in [0.2, 0.25) is 0 Å². The van der Waals surface area contributed by atoms with Crippen molar-refractivity contribution < 1.29 is 9.66 Å². The zero-order chi connectivity index (χ0) is 13.8. The van der Waals surface area contributed by atoms with E-state index in [0.717, 1.165) is 24.8 Å². The summed E-state index contributed by atoms with van der Waals surface area (Å²) in [6.07, 6.45) is 3.51. The Morgan fingerprint density at radius 1 is 1.47 bits per heavy atom. The number of benzene rings is 1. The smallest absolute Gasteiger partial charge is 0.272 e. The molecule has 1 saturated carbocycles. The Morgan fingerprint density at radius 2 is 2.26 bits per heavy atom. The summed E-state index contributed by atoms with van der Waals surface area (Å²) in [7, 11) is 0. The third-order valence-electron chi connectivity index (χ3n) is 3.96. The highest BCUT2D eigenvalue weighted by Gasteiger charge is 2.27. The summed E-state index contributed by atoms with van der Waals surface area (Å²) in [4.78, 5) is 10.5. The Labute approximate surface area is 112 Å². The van der Waals surface area contributed by atoms with Gasteiger partial charge in [-0.15, -0.1) is 0 Å². The Morgan fingerprint density at radius 3 is 2.95 bits per heavy atom. The molecule has 0 bridgehead atoms. The van der Waals surface area contributed by atoms with Crippen LogP contribution in [0.15, 0.2) is 18.2 Å². The number of ether oxygens (including phenoxy) is 1. The van der Waals surface area contributed by atoms with Crippen molar-refractivity contribution >= 4 is 5.69 Å². The molecule has 5 heteroatoms. The van der Waals surface area contributed by atoms with Crippen LogP contribution in [0.1, 0.15) is 30.4 Å². The zero-order valence-electron chi connectivity index (χ0n) is 11.2. The SMILES string of the molecule is Cc1c(COC2CCCC2CN)cccc1[N+](=O)[O-]. The average molecular weight is 264 g/mol. The lowest BCUT2D eigenvalue weighted by Crippen LogP contribution is -2.25. The van der Waals surface area contributed by atoms with Gasteiger partial charge in [0, 0.05) is 11.6 Å². The maximum absolute atomic E-state index is 10.9. The number of nitrogens with two attached hydrogens (primary N) is 1. The van der Waals surface area contributed by atoms with Gasteiger partial charge in [-0.05, 0) is 37.8 Å². The van der Waals surface area contributed by atoms with Crippen molar-refractivity contribution in [2.75, 3.05) is 6.54 Å². The van der Waals surface area contributed by atoms with Crippen LogP contribution >= 0.6 is 0 Å². The van der Waals surface area contributed by atoms with Gasteiger partial charge in [0.25, 0.3) is 5.69 Å². The molecule has 0 heterocycles. The molecule has 1 aliphatic carbocycles. The first-order valence-corrected chi connectivity index (χ1v) is 6.68. The molecule has 2 N–H and O–H groups in total. The van der Waals surface area contributed by atoms with Crippen LogP contribution in [0.4, 0.5) is 5.69 Å². The van der Waals surface area contributed by atoms with Crippen molar-refractivity contribution in [1.82, 2.24) is 0 Å². The van der Waals surface area contributed by atoms with E-state index >= 15 is 0 Å². The molecule has 0 aliphatic heterocycles. The number of rotatable bonds is 5. The van der Waals surface area contributed by atoms with Gasteiger partial charge in [0.1, 0.15) is 0 Å². The zero-order valence-corrected chi connectivity index (χ0v) is 11.2. The first-order chi connectivity index (χ1) is 9.13. The minimum Gasteiger partial charge on any atom is -0.373 e. The molecule has 2 atom stereocenters. The third-order valence-corrected chi connectivity index (χ3v) is 3.96. The lowest BCUT2D eigenvalue weighted by Gasteiger charge is -2.19. The van der Waals surface area contributed by atoms with Crippen molar-refractivity contribution in [1.29, 1.82) is 0 Å². The summed E-state index contributed by atoms with van der Waals surface area (Å²) < 4.78 is 5.91. The molecule has 2 unspecified atom stereocenters. The van der Waals surface area contributed by atoms with Crippen molar-refractivity contribution in [3.63, 3.8) is 0 Å². The summed E-state index contributed by atoms with van der Waals surface area (Å²) in [5.41, 5.74) is 7.45. The van der Waals surface area contributed by atoms with E-state index in [0.29, 0.717) is 24.6 Å². The van der Waals surface area contributed by atoms with E-state index in [4.69, 9.17) is 10.5 Å².